The van der Waals surface area contributed by atoms with Crippen LogP contribution in [-0.2, 0) is 13.6 Å². The van der Waals surface area contributed by atoms with Gasteiger partial charge in [0.1, 0.15) is 10.6 Å². The SMILES string of the molecule is Cn1cc(CNc2nc(Cl)nc3sccc23)cn1. The van der Waals surface area contributed by atoms with Gasteiger partial charge in [0.25, 0.3) is 0 Å². The third kappa shape index (κ3) is 2.16. The molecule has 1 N–H and O–H groups in total. The molecule has 0 bridgehead atoms. The van der Waals surface area contributed by atoms with Gasteiger partial charge in [-0.1, -0.05) is 0 Å². The van der Waals surface area contributed by atoms with Crippen molar-refractivity contribution in [2.24, 2.45) is 7.05 Å². The van der Waals surface area contributed by atoms with Crippen molar-refractivity contribution < 1.29 is 0 Å². The van der Waals surface area contributed by atoms with E-state index in [1.165, 1.54) is 0 Å². The van der Waals surface area contributed by atoms with E-state index in [2.05, 4.69) is 20.4 Å². The molecule has 0 atom stereocenters. The summed E-state index contributed by atoms with van der Waals surface area (Å²) >= 11 is 7.44. The van der Waals surface area contributed by atoms with Crippen LogP contribution in [0.25, 0.3) is 10.2 Å². The average Bonchev–Trinajstić information content (AvgIpc) is 2.94. The van der Waals surface area contributed by atoms with E-state index in [0.717, 1.165) is 21.6 Å². The second-order valence-electron chi connectivity index (χ2n) is 3.86. The Kier molecular flexibility index (Phi) is 2.89. The summed E-state index contributed by atoms with van der Waals surface area (Å²) in [5.41, 5.74) is 1.09. The lowest BCUT2D eigenvalue weighted by Crippen LogP contribution is -2.01. The minimum Gasteiger partial charge on any atom is -0.365 e. The van der Waals surface area contributed by atoms with Gasteiger partial charge in [-0.2, -0.15) is 5.10 Å². The van der Waals surface area contributed by atoms with Crippen LogP contribution in [0.5, 0.6) is 0 Å². The van der Waals surface area contributed by atoms with Crippen LogP contribution in [0.3, 0.4) is 0 Å². The minimum absolute atomic E-state index is 0.263. The fourth-order valence-electron chi connectivity index (χ4n) is 1.71. The van der Waals surface area contributed by atoms with Gasteiger partial charge in [0, 0.05) is 25.4 Å². The third-order valence-electron chi connectivity index (χ3n) is 2.52. The van der Waals surface area contributed by atoms with E-state index in [-0.39, 0.29) is 5.28 Å². The van der Waals surface area contributed by atoms with Crippen LogP contribution in [-0.4, -0.2) is 19.7 Å². The molecule has 7 heteroatoms. The Labute approximate surface area is 112 Å². The molecule has 18 heavy (non-hydrogen) atoms. The minimum atomic E-state index is 0.263. The first-order valence-corrected chi connectivity index (χ1v) is 6.60. The zero-order valence-electron chi connectivity index (χ0n) is 9.59. The van der Waals surface area contributed by atoms with Crippen LogP contribution in [0.4, 0.5) is 5.82 Å². The number of nitrogens with zero attached hydrogens (tertiary/aromatic N) is 4. The maximum atomic E-state index is 5.89. The molecule has 3 aromatic heterocycles. The fourth-order valence-corrected chi connectivity index (χ4v) is 2.70. The Balaban J connectivity index is 1.87. The number of nitrogens with one attached hydrogen (secondary N) is 1. The van der Waals surface area contributed by atoms with Gasteiger partial charge in [-0.25, -0.2) is 9.97 Å². The topological polar surface area (TPSA) is 55.6 Å². The number of rotatable bonds is 3. The highest BCUT2D eigenvalue weighted by molar-refractivity contribution is 7.16. The second-order valence-corrected chi connectivity index (χ2v) is 5.09. The molecular formula is C11H10ClN5S. The molecule has 5 nitrogen and oxygen atoms in total. The number of halogens is 1. The lowest BCUT2D eigenvalue weighted by atomic mass is 10.3. The van der Waals surface area contributed by atoms with Crippen LogP contribution in [0.2, 0.25) is 5.28 Å². The van der Waals surface area contributed by atoms with Gasteiger partial charge in [0.15, 0.2) is 0 Å². The molecule has 0 saturated heterocycles. The standard InChI is InChI=1S/C11H10ClN5S/c1-17-6-7(5-14-17)4-13-9-8-2-3-18-10(8)16-11(12)15-9/h2-3,5-6H,4H2,1H3,(H,13,15,16). The van der Waals surface area contributed by atoms with Crippen molar-refractivity contribution in [2.45, 2.75) is 6.54 Å². The predicted octanol–water partition coefficient (Wildman–Crippen LogP) is 2.69. The van der Waals surface area contributed by atoms with Crippen LogP contribution in [0.1, 0.15) is 5.56 Å². The van der Waals surface area contributed by atoms with E-state index < -0.39 is 0 Å². The van der Waals surface area contributed by atoms with E-state index in [4.69, 9.17) is 11.6 Å². The van der Waals surface area contributed by atoms with Crippen molar-refractivity contribution in [2.75, 3.05) is 5.32 Å². The molecule has 3 aromatic rings. The molecule has 0 aromatic carbocycles. The second kappa shape index (κ2) is 4.55. The van der Waals surface area contributed by atoms with Crippen LogP contribution >= 0.6 is 22.9 Å². The van der Waals surface area contributed by atoms with Crippen LogP contribution in [0.15, 0.2) is 23.8 Å². The molecule has 92 valence electrons. The lowest BCUT2D eigenvalue weighted by Gasteiger charge is -2.05. The van der Waals surface area contributed by atoms with E-state index in [0.29, 0.717) is 6.54 Å². The molecule has 0 unspecified atom stereocenters. The summed E-state index contributed by atoms with van der Waals surface area (Å²) in [6, 6.07) is 1.99. The first kappa shape index (κ1) is 11.4. The summed E-state index contributed by atoms with van der Waals surface area (Å²) in [7, 11) is 1.89. The molecule has 0 spiro atoms. The molecule has 3 heterocycles. The predicted molar refractivity (Wildman–Crippen MR) is 73.0 cm³/mol. The van der Waals surface area contributed by atoms with Crippen LogP contribution in [0, 0.1) is 0 Å². The molecule has 0 amide bonds. The highest BCUT2D eigenvalue weighted by Gasteiger charge is 2.07. The first-order valence-electron chi connectivity index (χ1n) is 5.34. The molecule has 0 aliphatic heterocycles. The number of hydrogen-bond donors (Lipinski definition) is 1. The Morgan fingerprint density at radius 3 is 3.11 bits per heavy atom. The normalized spacial score (nSPS) is 11.0. The molecule has 0 fully saturated rings. The van der Waals surface area contributed by atoms with Gasteiger partial charge in [0.05, 0.1) is 11.6 Å². The number of fused-ring (bicyclic) bond motifs is 1. The maximum absolute atomic E-state index is 5.89. The summed E-state index contributed by atoms with van der Waals surface area (Å²) < 4.78 is 1.77. The summed E-state index contributed by atoms with van der Waals surface area (Å²) in [5, 5.41) is 10.6. The van der Waals surface area contributed by atoms with E-state index in [1.54, 1.807) is 16.0 Å². The largest absolute Gasteiger partial charge is 0.365 e. The van der Waals surface area contributed by atoms with Crippen molar-refractivity contribution in [3.63, 3.8) is 0 Å². The molecule has 0 aliphatic carbocycles. The van der Waals surface area contributed by atoms with Crippen molar-refractivity contribution in [1.82, 2.24) is 19.7 Å². The summed E-state index contributed by atoms with van der Waals surface area (Å²) in [6.45, 7) is 0.659. The van der Waals surface area contributed by atoms with E-state index in [9.17, 15) is 0 Å². The van der Waals surface area contributed by atoms with Gasteiger partial charge in [-0.3, -0.25) is 4.68 Å². The van der Waals surface area contributed by atoms with Crippen molar-refractivity contribution in [3.8, 4) is 0 Å². The highest BCUT2D eigenvalue weighted by atomic mass is 35.5. The maximum Gasteiger partial charge on any atom is 0.225 e. The summed E-state index contributed by atoms with van der Waals surface area (Å²) in [6.07, 6.45) is 3.78. The Hall–Kier alpha value is -1.66. The van der Waals surface area contributed by atoms with Gasteiger partial charge in [0.2, 0.25) is 5.28 Å². The van der Waals surface area contributed by atoms with Gasteiger partial charge < -0.3 is 5.32 Å². The summed E-state index contributed by atoms with van der Waals surface area (Å²) in [5.74, 6) is 0.759. The van der Waals surface area contributed by atoms with Crippen LogP contribution < -0.4 is 5.32 Å². The number of aryl methyl sites for hydroxylation is 1. The van der Waals surface area contributed by atoms with Crippen molar-refractivity contribution in [1.29, 1.82) is 0 Å². The van der Waals surface area contributed by atoms with Gasteiger partial charge in [-0.15, -0.1) is 11.3 Å². The third-order valence-corrected chi connectivity index (χ3v) is 3.49. The number of aromatic nitrogens is 4. The zero-order chi connectivity index (χ0) is 12.5. The molecule has 0 aliphatic rings. The average molecular weight is 280 g/mol. The zero-order valence-corrected chi connectivity index (χ0v) is 11.2. The quantitative estimate of drug-likeness (QED) is 0.749. The smallest absolute Gasteiger partial charge is 0.225 e. The summed E-state index contributed by atoms with van der Waals surface area (Å²) in [4.78, 5) is 9.28. The molecule has 0 saturated carbocycles. The Bertz CT molecular complexity index is 690. The Morgan fingerprint density at radius 1 is 1.44 bits per heavy atom. The molecule has 3 rings (SSSR count). The number of hydrogen-bond acceptors (Lipinski definition) is 5. The van der Waals surface area contributed by atoms with E-state index in [1.807, 2.05) is 30.9 Å². The molecule has 0 radical (unpaired) electrons. The lowest BCUT2D eigenvalue weighted by molar-refractivity contribution is 0.767. The number of anilines is 1. The molecular weight excluding hydrogens is 270 g/mol. The van der Waals surface area contributed by atoms with Crippen molar-refractivity contribution >= 4 is 39.0 Å². The van der Waals surface area contributed by atoms with Gasteiger partial charge >= 0.3 is 0 Å². The number of thiophene rings is 1. The highest BCUT2D eigenvalue weighted by Crippen LogP contribution is 2.26. The fraction of sp³-hybridized carbons (Fsp3) is 0.182. The Morgan fingerprint density at radius 2 is 2.33 bits per heavy atom. The monoisotopic (exact) mass is 279 g/mol. The van der Waals surface area contributed by atoms with E-state index >= 15 is 0 Å². The first-order chi connectivity index (χ1) is 8.72. The van der Waals surface area contributed by atoms with Gasteiger partial charge in [-0.05, 0) is 23.0 Å². The van der Waals surface area contributed by atoms with Crippen molar-refractivity contribution in [3.05, 3.63) is 34.7 Å².